The molecule has 0 bridgehead atoms. The van der Waals surface area contributed by atoms with Gasteiger partial charge in [-0.1, -0.05) is 30.0 Å². The Bertz CT molecular complexity index is 1100. The molecule has 1 amide bonds. The highest BCUT2D eigenvalue weighted by atomic mass is 32.2. The van der Waals surface area contributed by atoms with E-state index >= 15 is 0 Å². The number of thioether (sulfide) groups is 1. The molecule has 3 heterocycles. The minimum atomic E-state index is -0.891. The van der Waals surface area contributed by atoms with Crippen LogP contribution in [0.15, 0.2) is 53.0 Å². The topological polar surface area (TPSA) is 59.8 Å². The molecule has 0 spiro atoms. The Balaban J connectivity index is 1.56. The fraction of sp³-hybridized carbons (Fsp3) is 0.150. The molecule has 1 aromatic carbocycles. The number of benzene rings is 1. The van der Waals surface area contributed by atoms with E-state index in [2.05, 4.69) is 21.5 Å². The SMILES string of the molecule is Cn1nc(-c2nccs2)cc1C1=CCCC=C(NC(=O)c2c(F)cccc2F)S1. The molecule has 0 aliphatic carbocycles. The van der Waals surface area contributed by atoms with Gasteiger partial charge in [-0.2, -0.15) is 5.10 Å². The molecule has 5 nitrogen and oxygen atoms in total. The molecule has 0 unspecified atom stereocenters. The van der Waals surface area contributed by atoms with Crippen LogP contribution in [0.5, 0.6) is 0 Å². The zero-order chi connectivity index (χ0) is 20.4. The van der Waals surface area contributed by atoms with E-state index in [0.717, 1.165) is 39.9 Å². The summed E-state index contributed by atoms with van der Waals surface area (Å²) in [5.74, 6) is -2.59. The summed E-state index contributed by atoms with van der Waals surface area (Å²) in [6, 6.07) is 5.30. The quantitative estimate of drug-likeness (QED) is 0.636. The molecule has 0 fully saturated rings. The number of halogens is 2. The van der Waals surface area contributed by atoms with E-state index in [9.17, 15) is 13.6 Å². The van der Waals surface area contributed by atoms with Crippen LogP contribution in [-0.4, -0.2) is 20.7 Å². The molecule has 148 valence electrons. The number of carbonyl (C=O) groups excluding carboxylic acids is 1. The molecule has 1 aliphatic rings. The van der Waals surface area contributed by atoms with Crippen molar-refractivity contribution in [2.24, 2.45) is 7.05 Å². The molecule has 9 heteroatoms. The Morgan fingerprint density at radius 1 is 1.21 bits per heavy atom. The Kier molecular flexibility index (Phi) is 5.59. The average Bonchev–Trinajstić information content (AvgIpc) is 3.28. The summed E-state index contributed by atoms with van der Waals surface area (Å²) >= 11 is 2.84. The minimum absolute atomic E-state index is 0.526. The highest BCUT2D eigenvalue weighted by molar-refractivity contribution is 8.11. The summed E-state index contributed by atoms with van der Waals surface area (Å²) in [6.07, 6.45) is 7.11. The van der Waals surface area contributed by atoms with Crippen molar-refractivity contribution in [2.75, 3.05) is 0 Å². The first-order chi connectivity index (χ1) is 14.0. The summed E-state index contributed by atoms with van der Waals surface area (Å²) in [7, 11) is 1.84. The van der Waals surface area contributed by atoms with Gasteiger partial charge in [-0.3, -0.25) is 9.48 Å². The van der Waals surface area contributed by atoms with Gasteiger partial charge < -0.3 is 5.32 Å². The number of aryl methyl sites for hydroxylation is 1. The predicted octanol–water partition coefficient (Wildman–Crippen LogP) is 4.96. The maximum atomic E-state index is 13.9. The highest BCUT2D eigenvalue weighted by Crippen LogP contribution is 2.37. The van der Waals surface area contributed by atoms with Crippen LogP contribution in [-0.2, 0) is 7.05 Å². The van der Waals surface area contributed by atoms with Crippen LogP contribution in [0, 0.1) is 11.6 Å². The summed E-state index contributed by atoms with van der Waals surface area (Å²) in [5, 5.41) is 10.4. The van der Waals surface area contributed by atoms with E-state index in [0.29, 0.717) is 11.4 Å². The molecule has 29 heavy (non-hydrogen) atoms. The monoisotopic (exact) mass is 430 g/mol. The Hall–Kier alpha value is -2.78. The van der Waals surface area contributed by atoms with E-state index in [1.165, 1.54) is 29.2 Å². The second-order valence-corrected chi connectivity index (χ2v) is 8.22. The molecular formula is C20H16F2N4OS2. The summed E-state index contributed by atoms with van der Waals surface area (Å²) in [5.41, 5.74) is 1.06. The van der Waals surface area contributed by atoms with E-state index in [1.807, 2.05) is 24.6 Å². The van der Waals surface area contributed by atoms with Crippen molar-refractivity contribution < 1.29 is 13.6 Å². The third-order valence-corrected chi connectivity index (χ3v) is 6.14. The first-order valence-electron chi connectivity index (χ1n) is 8.80. The number of allylic oxidation sites excluding steroid dienone is 2. The number of carbonyl (C=O) groups is 1. The lowest BCUT2D eigenvalue weighted by atomic mass is 10.2. The largest absolute Gasteiger partial charge is 0.316 e. The molecular weight excluding hydrogens is 414 g/mol. The smallest absolute Gasteiger partial charge is 0.262 e. The third kappa shape index (κ3) is 4.15. The summed E-state index contributed by atoms with van der Waals surface area (Å²) in [4.78, 5) is 17.6. The summed E-state index contributed by atoms with van der Waals surface area (Å²) in [6.45, 7) is 0. The van der Waals surface area contributed by atoms with Crippen molar-refractivity contribution in [3.05, 3.63) is 75.9 Å². The number of aromatic nitrogens is 3. The van der Waals surface area contributed by atoms with Crippen molar-refractivity contribution >= 4 is 33.9 Å². The van der Waals surface area contributed by atoms with Crippen LogP contribution in [0.25, 0.3) is 15.6 Å². The van der Waals surface area contributed by atoms with Crippen LogP contribution in [0.2, 0.25) is 0 Å². The number of nitrogens with zero attached hydrogens (tertiary/aromatic N) is 3. The fourth-order valence-corrected chi connectivity index (χ4v) is 4.58. The van der Waals surface area contributed by atoms with Gasteiger partial charge in [0.05, 0.1) is 10.7 Å². The molecule has 0 saturated heterocycles. The maximum Gasteiger partial charge on any atom is 0.262 e. The average molecular weight is 431 g/mol. The van der Waals surface area contributed by atoms with Crippen molar-refractivity contribution in [1.82, 2.24) is 20.1 Å². The number of hydrogen-bond donors (Lipinski definition) is 1. The molecule has 4 rings (SSSR count). The fourth-order valence-electron chi connectivity index (χ4n) is 2.91. The van der Waals surface area contributed by atoms with Crippen LogP contribution in [0.1, 0.15) is 28.9 Å². The van der Waals surface area contributed by atoms with Crippen LogP contribution in [0.3, 0.4) is 0 Å². The van der Waals surface area contributed by atoms with Gasteiger partial charge in [-0.25, -0.2) is 13.8 Å². The normalized spacial score (nSPS) is 14.2. The van der Waals surface area contributed by atoms with Crippen molar-refractivity contribution in [3.8, 4) is 10.7 Å². The molecule has 3 aromatic rings. The number of thiazole rings is 1. The first kappa shape index (κ1) is 19.5. The van der Waals surface area contributed by atoms with E-state index in [1.54, 1.807) is 10.9 Å². The van der Waals surface area contributed by atoms with Crippen molar-refractivity contribution in [3.63, 3.8) is 0 Å². The van der Waals surface area contributed by atoms with Gasteiger partial charge in [0.15, 0.2) is 0 Å². The molecule has 2 aromatic heterocycles. The van der Waals surface area contributed by atoms with Gasteiger partial charge >= 0.3 is 0 Å². The summed E-state index contributed by atoms with van der Waals surface area (Å²) < 4.78 is 29.6. The number of rotatable bonds is 4. The second kappa shape index (κ2) is 8.30. The van der Waals surface area contributed by atoms with Crippen molar-refractivity contribution in [2.45, 2.75) is 12.8 Å². The third-order valence-electron chi connectivity index (χ3n) is 4.26. The van der Waals surface area contributed by atoms with Crippen LogP contribution >= 0.6 is 23.1 Å². The van der Waals surface area contributed by atoms with Gasteiger partial charge in [-0.05, 0) is 31.0 Å². The van der Waals surface area contributed by atoms with Crippen LogP contribution < -0.4 is 5.32 Å². The molecule has 1 N–H and O–H groups in total. The lowest BCUT2D eigenvalue weighted by molar-refractivity contribution is 0.0960. The minimum Gasteiger partial charge on any atom is -0.316 e. The highest BCUT2D eigenvalue weighted by Gasteiger charge is 2.21. The number of hydrogen-bond acceptors (Lipinski definition) is 5. The van der Waals surface area contributed by atoms with Gasteiger partial charge in [0, 0.05) is 23.5 Å². The lowest BCUT2D eigenvalue weighted by Gasteiger charge is -2.12. The molecule has 0 saturated carbocycles. The van der Waals surface area contributed by atoms with Gasteiger partial charge in [0.1, 0.15) is 27.9 Å². The lowest BCUT2D eigenvalue weighted by Crippen LogP contribution is -2.23. The standard InChI is InChI=1S/C20H16F2N4OS2/c1-26-15(11-14(25-26)20-23-9-10-28-20)16-7-2-3-8-17(29-16)24-19(27)18-12(21)5-4-6-13(18)22/h4-11H,2-3H2,1H3,(H,24,27). The van der Waals surface area contributed by atoms with Crippen molar-refractivity contribution in [1.29, 1.82) is 0 Å². The Labute approximate surface area is 174 Å². The number of nitrogens with one attached hydrogen (secondary N) is 1. The zero-order valence-corrected chi connectivity index (χ0v) is 17.0. The number of amides is 1. The van der Waals surface area contributed by atoms with E-state index in [4.69, 9.17) is 0 Å². The van der Waals surface area contributed by atoms with Gasteiger partial charge in [0.25, 0.3) is 5.91 Å². The van der Waals surface area contributed by atoms with E-state index in [-0.39, 0.29) is 0 Å². The first-order valence-corrected chi connectivity index (χ1v) is 10.5. The Morgan fingerprint density at radius 2 is 1.97 bits per heavy atom. The zero-order valence-electron chi connectivity index (χ0n) is 15.4. The molecule has 1 aliphatic heterocycles. The predicted molar refractivity (Wildman–Crippen MR) is 111 cm³/mol. The van der Waals surface area contributed by atoms with E-state index < -0.39 is 23.1 Å². The second-order valence-electron chi connectivity index (χ2n) is 6.24. The van der Waals surface area contributed by atoms with Crippen LogP contribution in [0.4, 0.5) is 8.78 Å². The molecule has 0 radical (unpaired) electrons. The maximum absolute atomic E-state index is 13.9. The molecule has 0 atom stereocenters. The van der Waals surface area contributed by atoms with Gasteiger partial charge in [-0.15, -0.1) is 11.3 Å². The Morgan fingerprint density at radius 3 is 2.69 bits per heavy atom. The van der Waals surface area contributed by atoms with Gasteiger partial charge in [0.2, 0.25) is 0 Å².